The van der Waals surface area contributed by atoms with E-state index in [1.165, 1.54) is 4.90 Å². The fourth-order valence-electron chi connectivity index (χ4n) is 3.28. The molecule has 2 aromatic rings. The highest BCUT2D eigenvalue weighted by Gasteiger charge is 2.29. The second-order valence-corrected chi connectivity index (χ2v) is 6.69. The van der Waals surface area contributed by atoms with E-state index in [0.29, 0.717) is 43.7 Å². The molecule has 0 bridgehead atoms. The van der Waals surface area contributed by atoms with Gasteiger partial charge in [-0.15, -0.1) is 0 Å². The van der Waals surface area contributed by atoms with Crippen molar-refractivity contribution < 1.29 is 14.4 Å². The molecule has 3 rings (SSSR count). The highest BCUT2D eigenvalue weighted by Crippen LogP contribution is 2.18. The van der Waals surface area contributed by atoms with Crippen molar-refractivity contribution in [1.29, 1.82) is 0 Å². The van der Waals surface area contributed by atoms with Crippen molar-refractivity contribution in [2.75, 3.05) is 26.2 Å². The SMILES string of the molecule is NC(=O)N1CCCN(C(=O)C(NC(=O)c2ccccc2)c2ccccc2)CC1. The maximum atomic E-state index is 13.3. The number of benzene rings is 2. The minimum atomic E-state index is -0.797. The maximum Gasteiger partial charge on any atom is 0.314 e. The molecule has 1 atom stereocenters. The summed E-state index contributed by atoms with van der Waals surface area (Å²) in [6, 6.07) is 16.7. The maximum absolute atomic E-state index is 13.3. The van der Waals surface area contributed by atoms with Gasteiger partial charge in [-0.05, 0) is 24.1 Å². The average molecular weight is 380 g/mol. The van der Waals surface area contributed by atoms with Crippen LogP contribution >= 0.6 is 0 Å². The van der Waals surface area contributed by atoms with Crippen molar-refractivity contribution >= 4 is 17.8 Å². The van der Waals surface area contributed by atoms with E-state index in [-0.39, 0.29) is 11.8 Å². The van der Waals surface area contributed by atoms with Crippen molar-refractivity contribution in [3.8, 4) is 0 Å². The van der Waals surface area contributed by atoms with Crippen molar-refractivity contribution in [2.45, 2.75) is 12.5 Å². The van der Waals surface area contributed by atoms with Crippen molar-refractivity contribution in [3.05, 3.63) is 71.8 Å². The summed E-state index contributed by atoms with van der Waals surface area (Å²) in [4.78, 5) is 40.6. The number of nitrogens with one attached hydrogen (secondary N) is 1. The Morgan fingerprint density at radius 1 is 0.821 bits per heavy atom. The Morgan fingerprint density at radius 2 is 1.39 bits per heavy atom. The predicted molar refractivity (Wildman–Crippen MR) is 105 cm³/mol. The first-order valence-corrected chi connectivity index (χ1v) is 9.30. The van der Waals surface area contributed by atoms with E-state index in [1.807, 2.05) is 36.4 Å². The number of urea groups is 1. The number of hydrogen-bond donors (Lipinski definition) is 2. The Labute approximate surface area is 164 Å². The van der Waals surface area contributed by atoms with Crippen molar-refractivity contribution in [3.63, 3.8) is 0 Å². The van der Waals surface area contributed by atoms with Crippen LogP contribution in [0, 0.1) is 0 Å². The minimum absolute atomic E-state index is 0.193. The van der Waals surface area contributed by atoms with Crippen LogP contribution in [0.2, 0.25) is 0 Å². The van der Waals surface area contributed by atoms with E-state index < -0.39 is 12.1 Å². The molecule has 0 radical (unpaired) electrons. The molecule has 146 valence electrons. The van der Waals surface area contributed by atoms with Gasteiger partial charge in [0.2, 0.25) is 5.91 Å². The second kappa shape index (κ2) is 9.03. The topological polar surface area (TPSA) is 95.7 Å². The fourth-order valence-corrected chi connectivity index (χ4v) is 3.28. The largest absolute Gasteiger partial charge is 0.351 e. The summed E-state index contributed by atoms with van der Waals surface area (Å²) in [6.45, 7) is 1.79. The van der Waals surface area contributed by atoms with E-state index in [0.717, 1.165) is 0 Å². The van der Waals surface area contributed by atoms with E-state index in [2.05, 4.69) is 5.32 Å². The van der Waals surface area contributed by atoms with E-state index in [1.54, 1.807) is 29.2 Å². The molecule has 0 saturated carbocycles. The van der Waals surface area contributed by atoms with Gasteiger partial charge in [-0.25, -0.2) is 4.79 Å². The molecular weight excluding hydrogens is 356 g/mol. The second-order valence-electron chi connectivity index (χ2n) is 6.69. The molecule has 0 aliphatic carbocycles. The van der Waals surface area contributed by atoms with Gasteiger partial charge < -0.3 is 20.9 Å². The van der Waals surface area contributed by atoms with Crippen LogP contribution in [0.25, 0.3) is 0 Å². The van der Waals surface area contributed by atoms with Crippen LogP contribution in [0.4, 0.5) is 4.79 Å². The summed E-state index contributed by atoms with van der Waals surface area (Å²) < 4.78 is 0. The molecule has 3 N–H and O–H groups in total. The standard InChI is InChI=1S/C21H24N4O3/c22-21(28)25-13-7-12-24(14-15-25)20(27)18(16-8-3-1-4-9-16)23-19(26)17-10-5-2-6-11-17/h1-6,8-11,18H,7,12-15H2,(H2,22,28)(H,23,26). The average Bonchev–Trinajstić information content (AvgIpc) is 2.99. The summed E-state index contributed by atoms with van der Waals surface area (Å²) in [6.07, 6.45) is 0.642. The zero-order valence-electron chi connectivity index (χ0n) is 15.6. The van der Waals surface area contributed by atoms with Crippen LogP contribution in [-0.2, 0) is 4.79 Å². The van der Waals surface area contributed by atoms with Gasteiger partial charge in [-0.1, -0.05) is 48.5 Å². The fraction of sp³-hybridized carbons (Fsp3) is 0.286. The third-order valence-corrected chi connectivity index (χ3v) is 4.81. The molecule has 4 amide bonds. The molecule has 1 fully saturated rings. The van der Waals surface area contributed by atoms with Crippen LogP contribution in [0.3, 0.4) is 0 Å². The van der Waals surface area contributed by atoms with Gasteiger partial charge >= 0.3 is 6.03 Å². The molecule has 1 aliphatic rings. The molecular formula is C21H24N4O3. The lowest BCUT2D eigenvalue weighted by Gasteiger charge is -2.27. The molecule has 1 unspecified atom stereocenters. The van der Waals surface area contributed by atoms with Crippen LogP contribution < -0.4 is 11.1 Å². The number of rotatable bonds is 4. The lowest BCUT2D eigenvalue weighted by molar-refractivity contribution is -0.133. The van der Waals surface area contributed by atoms with Gasteiger partial charge in [-0.2, -0.15) is 0 Å². The molecule has 28 heavy (non-hydrogen) atoms. The molecule has 1 heterocycles. The van der Waals surface area contributed by atoms with Gasteiger partial charge in [0, 0.05) is 31.7 Å². The quantitative estimate of drug-likeness (QED) is 0.846. The molecule has 1 aliphatic heterocycles. The zero-order valence-corrected chi connectivity index (χ0v) is 15.6. The Balaban J connectivity index is 1.80. The first-order valence-electron chi connectivity index (χ1n) is 9.30. The third-order valence-electron chi connectivity index (χ3n) is 4.81. The number of nitrogens with two attached hydrogens (primary N) is 1. The summed E-state index contributed by atoms with van der Waals surface area (Å²) in [5, 5.41) is 2.87. The van der Waals surface area contributed by atoms with Crippen LogP contribution in [-0.4, -0.2) is 53.8 Å². The number of hydrogen-bond acceptors (Lipinski definition) is 3. The summed E-state index contributed by atoms with van der Waals surface area (Å²) in [5.41, 5.74) is 6.57. The normalized spacial score (nSPS) is 15.4. The Hall–Kier alpha value is -3.35. The van der Waals surface area contributed by atoms with E-state index in [9.17, 15) is 14.4 Å². The smallest absolute Gasteiger partial charge is 0.314 e. The number of carbonyl (C=O) groups is 3. The Morgan fingerprint density at radius 3 is 2.04 bits per heavy atom. The summed E-state index contributed by atoms with van der Waals surface area (Å²) in [7, 11) is 0. The number of primary amides is 1. The first-order chi connectivity index (χ1) is 13.6. The lowest BCUT2D eigenvalue weighted by atomic mass is 10.0. The molecule has 0 spiro atoms. The van der Waals surface area contributed by atoms with Crippen molar-refractivity contribution in [1.82, 2.24) is 15.1 Å². The van der Waals surface area contributed by atoms with Gasteiger partial charge in [-0.3, -0.25) is 9.59 Å². The highest BCUT2D eigenvalue weighted by molar-refractivity contribution is 5.97. The summed E-state index contributed by atoms with van der Waals surface area (Å²) >= 11 is 0. The number of nitrogens with zero attached hydrogens (tertiary/aromatic N) is 2. The first kappa shape index (κ1) is 19.4. The highest BCUT2D eigenvalue weighted by atomic mass is 16.2. The Bertz CT molecular complexity index is 826. The molecule has 1 saturated heterocycles. The number of amides is 4. The monoisotopic (exact) mass is 380 g/mol. The van der Waals surface area contributed by atoms with E-state index in [4.69, 9.17) is 5.73 Å². The molecule has 7 heteroatoms. The van der Waals surface area contributed by atoms with Crippen molar-refractivity contribution in [2.24, 2.45) is 5.73 Å². The molecule has 2 aromatic carbocycles. The van der Waals surface area contributed by atoms with Crippen LogP contribution in [0.15, 0.2) is 60.7 Å². The van der Waals surface area contributed by atoms with Gasteiger partial charge in [0.15, 0.2) is 0 Å². The predicted octanol–water partition coefficient (Wildman–Crippen LogP) is 1.77. The molecule has 7 nitrogen and oxygen atoms in total. The Kier molecular flexibility index (Phi) is 6.26. The number of carbonyl (C=O) groups excluding carboxylic acids is 3. The van der Waals surface area contributed by atoms with Gasteiger partial charge in [0.05, 0.1) is 0 Å². The minimum Gasteiger partial charge on any atom is -0.351 e. The van der Waals surface area contributed by atoms with Gasteiger partial charge in [0.1, 0.15) is 6.04 Å². The van der Waals surface area contributed by atoms with Crippen LogP contribution in [0.5, 0.6) is 0 Å². The van der Waals surface area contributed by atoms with E-state index >= 15 is 0 Å². The third kappa shape index (κ3) is 4.68. The lowest BCUT2D eigenvalue weighted by Crippen LogP contribution is -2.45. The van der Waals surface area contributed by atoms with Gasteiger partial charge in [0.25, 0.3) is 5.91 Å². The molecule has 0 aromatic heterocycles. The summed E-state index contributed by atoms with van der Waals surface area (Å²) in [5.74, 6) is -0.502. The zero-order chi connectivity index (χ0) is 19.9. The van der Waals surface area contributed by atoms with Crippen LogP contribution in [0.1, 0.15) is 28.4 Å².